The van der Waals surface area contributed by atoms with Crippen molar-refractivity contribution in [2.75, 3.05) is 0 Å². The lowest BCUT2D eigenvalue weighted by atomic mass is 10.1. The molecular weight excluding hydrogens is 150 g/mol. The summed E-state index contributed by atoms with van der Waals surface area (Å²) >= 11 is 0. The zero-order valence-corrected chi connectivity index (χ0v) is 6.15. The fraction of sp³-hybridized carbons (Fsp3) is 0.667. The molecule has 0 aromatic rings. The number of carboxylic acids is 1. The molecule has 2 atom stereocenters. The summed E-state index contributed by atoms with van der Waals surface area (Å²) in [4.78, 5) is 20.7. The molecule has 0 amide bonds. The second kappa shape index (κ2) is 4.05. The molecule has 5 nitrogen and oxygen atoms in total. The highest BCUT2D eigenvalue weighted by molar-refractivity contribution is 5.88. The van der Waals surface area contributed by atoms with E-state index in [9.17, 15) is 9.59 Å². The highest BCUT2D eigenvalue weighted by Gasteiger charge is 2.19. The molecule has 0 saturated carbocycles. The third kappa shape index (κ3) is 3.69. The van der Waals surface area contributed by atoms with Gasteiger partial charge in [0.05, 0.1) is 6.04 Å². The molecule has 0 rings (SSSR count). The number of Topliss-reactive ketones (excluding diaryl/α,β-unsaturated/α-hetero) is 1. The van der Waals surface area contributed by atoms with E-state index in [0.29, 0.717) is 0 Å². The number of nitrogens with two attached hydrogens (primary N) is 1. The molecule has 5 heteroatoms. The van der Waals surface area contributed by atoms with Crippen molar-refractivity contribution < 1.29 is 19.8 Å². The molecule has 0 spiro atoms. The van der Waals surface area contributed by atoms with E-state index in [2.05, 4.69) is 0 Å². The average molecular weight is 161 g/mol. The Kier molecular flexibility index (Phi) is 3.70. The highest BCUT2D eigenvalue weighted by Crippen LogP contribution is 1.95. The van der Waals surface area contributed by atoms with Crippen LogP contribution in [-0.2, 0) is 9.59 Å². The lowest BCUT2D eigenvalue weighted by Crippen LogP contribution is -2.32. The van der Waals surface area contributed by atoms with Gasteiger partial charge in [0.25, 0.3) is 0 Å². The number of rotatable bonds is 4. The minimum atomic E-state index is -1.63. The van der Waals surface area contributed by atoms with E-state index in [1.807, 2.05) is 0 Å². The van der Waals surface area contributed by atoms with Crippen molar-refractivity contribution >= 4 is 11.8 Å². The van der Waals surface area contributed by atoms with Crippen molar-refractivity contribution in [2.45, 2.75) is 25.5 Å². The van der Waals surface area contributed by atoms with Crippen LogP contribution in [0.25, 0.3) is 0 Å². The van der Waals surface area contributed by atoms with Gasteiger partial charge in [-0.3, -0.25) is 4.79 Å². The Bertz CT molecular complexity index is 166. The summed E-state index contributed by atoms with van der Waals surface area (Å²) < 4.78 is 0. The average Bonchev–Trinajstić information content (AvgIpc) is 1.87. The minimum Gasteiger partial charge on any atom is -0.479 e. The lowest BCUT2D eigenvalue weighted by Gasteiger charge is -2.05. The molecule has 0 aliphatic rings. The maximum absolute atomic E-state index is 10.7. The summed E-state index contributed by atoms with van der Waals surface area (Å²) in [6.45, 7) is 1.44. The van der Waals surface area contributed by atoms with Crippen LogP contribution < -0.4 is 5.73 Å². The van der Waals surface area contributed by atoms with E-state index in [-0.39, 0.29) is 0 Å². The van der Waals surface area contributed by atoms with Gasteiger partial charge in [0.2, 0.25) is 0 Å². The number of aliphatic hydroxyl groups is 1. The number of hydrogen-bond acceptors (Lipinski definition) is 4. The Labute approximate surface area is 63.8 Å². The van der Waals surface area contributed by atoms with E-state index >= 15 is 0 Å². The molecular formula is C6H11NO4. The van der Waals surface area contributed by atoms with Crippen LogP contribution in [0.2, 0.25) is 0 Å². The van der Waals surface area contributed by atoms with E-state index < -0.39 is 30.3 Å². The lowest BCUT2D eigenvalue weighted by molar-refractivity contribution is -0.148. The summed E-state index contributed by atoms with van der Waals surface area (Å²) in [5.74, 6) is -1.86. The van der Waals surface area contributed by atoms with Crippen molar-refractivity contribution in [3.8, 4) is 0 Å². The van der Waals surface area contributed by atoms with E-state index in [0.717, 1.165) is 0 Å². The van der Waals surface area contributed by atoms with Crippen LogP contribution in [0.5, 0.6) is 0 Å². The van der Waals surface area contributed by atoms with Crippen molar-refractivity contribution in [1.29, 1.82) is 0 Å². The summed E-state index contributed by atoms with van der Waals surface area (Å²) in [7, 11) is 0. The van der Waals surface area contributed by atoms with Gasteiger partial charge in [0.1, 0.15) is 0 Å². The summed E-state index contributed by atoms with van der Waals surface area (Å²) in [6.07, 6.45) is -2.05. The van der Waals surface area contributed by atoms with Gasteiger partial charge in [-0.25, -0.2) is 4.79 Å². The normalized spacial score (nSPS) is 15.5. The standard InChI is InChI=1S/C6H11NO4/c1-3(7)4(8)2-5(9)6(10)11/h3,5,9H,2,7H2,1H3,(H,10,11)/t3-,5-/m0/s1. The predicted octanol–water partition coefficient (Wildman–Crippen LogP) is -1.26. The van der Waals surface area contributed by atoms with Gasteiger partial charge in [-0.05, 0) is 6.92 Å². The number of aliphatic carboxylic acids is 1. The first-order valence-corrected chi connectivity index (χ1v) is 3.14. The largest absolute Gasteiger partial charge is 0.479 e. The molecule has 0 fully saturated rings. The Morgan fingerprint density at radius 3 is 2.27 bits per heavy atom. The first kappa shape index (κ1) is 10.1. The Balaban J connectivity index is 3.85. The monoisotopic (exact) mass is 161 g/mol. The summed E-state index contributed by atoms with van der Waals surface area (Å²) in [6, 6.07) is -0.719. The number of ketones is 1. The number of carboxylic acid groups (broad SMARTS) is 1. The molecule has 0 aromatic heterocycles. The fourth-order valence-electron chi connectivity index (χ4n) is 0.464. The van der Waals surface area contributed by atoms with E-state index in [1.54, 1.807) is 0 Å². The molecule has 0 heterocycles. The molecule has 0 aromatic carbocycles. The summed E-state index contributed by atoms with van der Waals surface area (Å²) in [5, 5.41) is 16.8. The molecule has 4 N–H and O–H groups in total. The predicted molar refractivity (Wildman–Crippen MR) is 36.9 cm³/mol. The Morgan fingerprint density at radius 2 is 2.00 bits per heavy atom. The third-order valence-corrected chi connectivity index (χ3v) is 1.19. The highest BCUT2D eigenvalue weighted by atomic mass is 16.4. The fourth-order valence-corrected chi connectivity index (χ4v) is 0.464. The number of aliphatic hydroxyl groups excluding tert-OH is 1. The topological polar surface area (TPSA) is 101 Å². The second-order valence-electron chi connectivity index (χ2n) is 2.31. The van der Waals surface area contributed by atoms with Crippen LogP contribution in [0.4, 0.5) is 0 Å². The Morgan fingerprint density at radius 1 is 1.55 bits per heavy atom. The molecule has 0 aliphatic heterocycles. The Hall–Kier alpha value is -0.940. The van der Waals surface area contributed by atoms with Gasteiger partial charge in [0, 0.05) is 6.42 Å². The molecule has 11 heavy (non-hydrogen) atoms. The minimum absolute atomic E-state index is 0.424. The molecule has 0 unspecified atom stereocenters. The summed E-state index contributed by atoms with van der Waals surface area (Å²) in [5.41, 5.74) is 5.13. The first-order valence-electron chi connectivity index (χ1n) is 3.14. The zero-order chi connectivity index (χ0) is 9.02. The van der Waals surface area contributed by atoms with Gasteiger partial charge < -0.3 is 15.9 Å². The van der Waals surface area contributed by atoms with Crippen LogP contribution in [0.3, 0.4) is 0 Å². The van der Waals surface area contributed by atoms with Crippen LogP contribution in [0, 0.1) is 0 Å². The first-order chi connectivity index (χ1) is 4.95. The van der Waals surface area contributed by atoms with Gasteiger partial charge in [-0.2, -0.15) is 0 Å². The smallest absolute Gasteiger partial charge is 0.332 e. The van der Waals surface area contributed by atoms with E-state index in [1.165, 1.54) is 6.92 Å². The second-order valence-corrected chi connectivity index (χ2v) is 2.31. The van der Waals surface area contributed by atoms with Gasteiger partial charge in [0.15, 0.2) is 11.9 Å². The zero-order valence-electron chi connectivity index (χ0n) is 6.15. The quantitative estimate of drug-likeness (QED) is 0.477. The van der Waals surface area contributed by atoms with Crippen LogP contribution in [-0.4, -0.2) is 34.1 Å². The van der Waals surface area contributed by atoms with Gasteiger partial charge in [-0.15, -0.1) is 0 Å². The molecule has 64 valence electrons. The maximum atomic E-state index is 10.7. The van der Waals surface area contributed by atoms with Crippen molar-refractivity contribution in [3.05, 3.63) is 0 Å². The van der Waals surface area contributed by atoms with Crippen molar-refractivity contribution in [3.63, 3.8) is 0 Å². The molecule has 0 saturated heterocycles. The SMILES string of the molecule is C[C@H](N)C(=O)C[C@H](O)C(=O)O. The van der Waals surface area contributed by atoms with Gasteiger partial charge in [-0.1, -0.05) is 0 Å². The molecule has 0 bridgehead atoms. The van der Waals surface area contributed by atoms with Crippen LogP contribution in [0.15, 0.2) is 0 Å². The van der Waals surface area contributed by atoms with Gasteiger partial charge >= 0.3 is 5.97 Å². The third-order valence-electron chi connectivity index (χ3n) is 1.19. The van der Waals surface area contributed by atoms with Crippen molar-refractivity contribution in [2.24, 2.45) is 5.73 Å². The maximum Gasteiger partial charge on any atom is 0.332 e. The van der Waals surface area contributed by atoms with Crippen molar-refractivity contribution in [1.82, 2.24) is 0 Å². The molecule has 0 radical (unpaired) electrons. The number of carbonyl (C=O) groups excluding carboxylic acids is 1. The molecule has 0 aliphatic carbocycles. The van der Waals surface area contributed by atoms with Crippen LogP contribution >= 0.6 is 0 Å². The van der Waals surface area contributed by atoms with Crippen LogP contribution in [0.1, 0.15) is 13.3 Å². The van der Waals surface area contributed by atoms with E-state index in [4.69, 9.17) is 15.9 Å². The number of hydrogen-bond donors (Lipinski definition) is 3. The number of carbonyl (C=O) groups is 2.